The normalized spacial score (nSPS) is 10.2. The highest BCUT2D eigenvalue weighted by Crippen LogP contribution is 2.23. The van der Waals surface area contributed by atoms with Gasteiger partial charge < -0.3 is 14.8 Å². The minimum Gasteiger partial charge on any atom is -0.496 e. The molecule has 0 fully saturated rings. The van der Waals surface area contributed by atoms with Gasteiger partial charge in [0.2, 0.25) is 0 Å². The lowest BCUT2D eigenvalue weighted by Crippen LogP contribution is -2.26. The van der Waals surface area contributed by atoms with Gasteiger partial charge in [0.25, 0.3) is 0 Å². The van der Waals surface area contributed by atoms with Crippen molar-refractivity contribution in [1.82, 2.24) is 5.32 Å². The molecule has 0 saturated carbocycles. The van der Waals surface area contributed by atoms with Crippen molar-refractivity contribution in [3.63, 3.8) is 0 Å². The van der Waals surface area contributed by atoms with Crippen LogP contribution in [0.5, 0.6) is 5.75 Å². The van der Waals surface area contributed by atoms with Crippen LogP contribution >= 0.6 is 0 Å². The predicted molar refractivity (Wildman–Crippen MR) is 71.1 cm³/mol. The number of carbonyl (C=O) groups is 1. The maximum atomic E-state index is 10.9. The second-order valence-corrected chi connectivity index (χ2v) is 4.18. The van der Waals surface area contributed by atoms with Crippen molar-refractivity contribution in [2.24, 2.45) is 0 Å². The van der Waals surface area contributed by atoms with E-state index in [4.69, 9.17) is 4.74 Å². The Morgan fingerprint density at radius 3 is 2.56 bits per heavy atom. The predicted octanol–water partition coefficient (Wildman–Crippen LogP) is 1.62. The van der Waals surface area contributed by atoms with Gasteiger partial charge in [0, 0.05) is 0 Å². The number of rotatable bonds is 6. The van der Waals surface area contributed by atoms with E-state index in [2.05, 4.69) is 30.0 Å². The van der Waals surface area contributed by atoms with Crippen LogP contribution in [-0.4, -0.2) is 33.3 Å². The highest BCUT2D eigenvalue weighted by Gasteiger charge is 2.06. The molecular formula is C14H21NO3. The van der Waals surface area contributed by atoms with E-state index in [0.717, 1.165) is 18.7 Å². The van der Waals surface area contributed by atoms with Gasteiger partial charge in [-0.1, -0.05) is 6.07 Å². The van der Waals surface area contributed by atoms with Gasteiger partial charge in [0.15, 0.2) is 0 Å². The van der Waals surface area contributed by atoms with Crippen molar-refractivity contribution >= 4 is 5.97 Å². The molecule has 4 nitrogen and oxygen atoms in total. The molecule has 0 unspecified atom stereocenters. The van der Waals surface area contributed by atoms with Crippen LogP contribution in [0.25, 0.3) is 0 Å². The standard InChI is InChI=1S/C14H21NO3/c1-10-11(2)13(17-3)6-5-12(10)7-8-15-9-14(16)18-4/h5-6,15H,7-9H2,1-4H3. The molecule has 0 spiro atoms. The lowest BCUT2D eigenvalue weighted by molar-refractivity contribution is -0.139. The minimum atomic E-state index is -0.238. The van der Waals surface area contributed by atoms with Crippen molar-refractivity contribution in [1.29, 1.82) is 0 Å². The molecule has 100 valence electrons. The Kier molecular flexibility index (Phi) is 5.65. The van der Waals surface area contributed by atoms with Crippen molar-refractivity contribution in [3.05, 3.63) is 28.8 Å². The summed E-state index contributed by atoms with van der Waals surface area (Å²) in [5, 5.41) is 3.05. The second kappa shape index (κ2) is 7.01. The van der Waals surface area contributed by atoms with E-state index >= 15 is 0 Å². The first kappa shape index (κ1) is 14.5. The van der Waals surface area contributed by atoms with Crippen molar-refractivity contribution in [3.8, 4) is 5.75 Å². The molecule has 0 radical (unpaired) electrons. The molecular weight excluding hydrogens is 230 g/mol. The summed E-state index contributed by atoms with van der Waals surface area (Å²) in [5.41, 5.74) is 3.68. The number of hydrogen-bond donors (Lipinski definition) is 1. The van der Waals surface area contributed by atoms with Crippen LogP contribution in [0.1, 0.15) is 16.7 Å². The highest BCUT2D eigenvalue weighted by molar-refractivity contribution is 5.71. The Balaban J connectivity index is 2.53. The van der Waals surface area contributed by atoms with E-state index in [1.54, 1.807) is 7.11 Å². The number of methoxy groups -OCH3 is 2. The van der Waals surface area contributed by atoms with Crippen LogP contribution in [0.15, 0.2) is 12.1 Å². The summed E-state index contributed by atoms with van der Waals surface area (Å²) >= 11 is 0. The van der Waals surface area contributed by atoms with Gasteiger partial charge in [-0.2, -0.15) is 0 Å². The fourth-order valence-corrected chi connectivity index (χ4v) is 1.83. The van der Waals surface area contributed by atoms with Crippen LogP contribution in [0, 0.1) is 13.8 Å². The molecule has 0 bridgehead atoms. The summed E-state index contributed by atoms with van der Waals surface area (Å²) < 4.78 is 9.83. The number of esters is 1. The van der Waals surface area contributed by atoms with Crippen LogP contribution in [0.4, 0.5) is 0 Å². The maximum Gasteiger partial charge on any atom is 0.319 e. The Bertz CT molecular complexity index is 416. The number of hydrogen-bond acceptors (Lipinski definition) is 4. The second-order valence-electron chi connectivity index (χ2n) is 4.18. The summed E-state index contributed by atoms with van der Waals surface area (Å²) in [7, 11) is 3.07. The molecule has 0 aliphatic heterocycles. The third-order valence-corrected chi connectivity index (χ3v) is 3.14. The average molecular weight is 251 g/mol. The smallest absolute Gasteiger partial charge is 0.319 e. The highest BCUT2D eigenvalue weighted by atomic mass is 16.5. The van der Waals surface area contributed by atoms with Gasteiger partial charge in [-0.3, -0.25) is 4.79 Å². The van der Waals surface area contributed by atoms with E-state index in [-0.39, 0.29) is 12.5 Å². The quantitative estimate of drug-likeness (QED) is 0.616. The Labute approximate surface area is 108 Å². The molecule has 0 heterocycles. The average Bonchev–Trinajstić information content (AvgIpc) is 2.39. The lowest BCUT2D eigenvalue weighted by Gasteiger charge is -2.12. The van der Waals surface area contributed by atoms with Gasteiger partial charge >= 0.3 is 5.97 Å². The molecule has 18 heavy (non-hydrogen) atoms. The zero-order chi connectivity index (χ0) is 13.5. The summed E-state index contributed by atoms with van der Waals surface area (Å²) in [6, 6.07) is 4.05. The molecule has 1 aromatic rings. The monoisotopic (exact) mass is 251 g/mol. The van der Waals surface area contributed by atoms with Crippen LogP contribution in [0.3, 0.4) is 0 Å². The number of benzene rings is 1. The summed E-state index contributed by atoms with van der Waals surface area (Å²) in [5.74, 6) is 0.677. The molecule has 1 rings (SSSR count). The van der Waals surface area contributed by atoms with Crippen molar-refractivity contribution in [2.75, 3.05) is 27.3 Å². The Hall–Kier alpha value is -1.55. The molecule has 0 aromatic heterocycles. The van der Waals surface area contributed by atoms with Gasteiger partial charge in [-0.05, 0) is 49.6 Å². The third-order valence-electron chi connectivity index (χ3n) is 3.14. The number of nitrogens with one attached hydrogen (secondary N) is 1. The van der Waals surface area contributed by atoms with E-state index in [0.29, 0.717) is 0 Å². The van der Waals surface area contributed by atoms with E-state index in [1.807, 2.05) is 6.07 Å². The molecule has 0 atom stereocenters. The largest absolute Gasteiger partial charge is 0.496 e. The summed E-state index contributed by atoms with van der Waals surface area (Å²) in [6.07, 6.45) is 0.883. The van der Waals surface area contributed by atoms with Gasteiger partial charge in [-0.15, -0.1) is 0 Å². The van der Waals surface area contributed by atoms with Gasteiger partial charge in [-0.25, -0.2) is 0 Å². The molecule has 0 amide bonds. The van der Waals surface area contributed by atoms with E-state index < -0.39 is 0 Å². The first-order valence-electron chi connectivity index (χ1n) is 6.00. The molecule has 0 saturated heterocycles. The fourth-order valence-electron chi connectivity index (χ4n) is 1.83. The molecule has 1 N–H and O–H groups in total. The molecule has 4 heteroatoms. The minimum absolute atomic E-state index is 0.238. The lowest BCUT2D eigenvalue weighted by atomic mass is 10.00. The first-order valence-corrected chi connectivity index (χ1v) is 6.00. The topological polar surface area (TPSA) is 47.6 Å². The van der Waals surface area contributed by atoms with Gasteiger partial charge in [0.1, 0.15) is 5.75 Å². The zero-order valence-corrected chi connectivity index (χ0v) is 11.5. The summed E-state index contributed by atoms with van der Waals surface area (Å²) in [4.78, 5) is 10.9. The molecule has 0 aliphatic carbocycles. The van der Waals surface area contributed by atoms with Crippen LogP contribution in [-0.2, 0) is 16.0 Å². The van der Waals surface area contributed by atoms with E-state index in [9.17, 15) is 4.79 Å². The molecule has 1 aromatic carbocycles. The third kappa shape index (κ3) is 3.74. The Morgan fingerprint density at radius 1 is 1.22 bits per heavy atom. The summed E-state index contributed by atoms with van der Waals surface area (Å²) in [6.45, 7) is 5.15. The van der Waals surface area contributed by atoms with Crippen molar-refractivity contribution < 1.29 is 14.3 Å². The number of carbonyl (C=O) groups excluding carboxylic acids is 1. The zero-order valence-electron chi connectivity index (χ0n) is 11.5. The van der Waals surface area contributed by atoms with Crippen LogP contribution < -0.4 is 10.1 Å². The fraction of sp³-hybridized carbons (Fsp3) is 0.500. The molecule has 0 aliphatic rings. The Morgan fingerprint density at radius 2 is 1.94 bits per heavy atom. The SMILES string of the molecule is COC(=O)CNCCc1ccc(OC)c(C)c1C. The van der Waals surface area contributed by atoms with Crippen molar-refractivity contribution in [2.45, 2.75) is 20.3 Å². The number of ether oxygens (including phenoxy) is 2. The van der Waals surface area contributed by atoms with Gasteiger partial charge in [0.05, 0.1) is 20.8 Å². The first-order chi connectivity index (χ1) is 8.60. The van der Waals surface area contributed by atoms with Crippen LogP contribution in [0.2, 0.25) is 0 Å². The van der Waals surface area contributed by atoms with E-state index in [1.165, 1.54) is 23.8 Å². The maximum absolute atomic E-state index is 10.9.